The van der Waals surface area contributed by atoms with Crippen molar-refractivity contribution < 1.29 is 19.0 Å². The lowest BCUT2D eigenvalue weighted by Gasteiger charge is -2.44. The van der Waals surface area contributed by atoms with Gasteiger partial charge < -0.3 is 14.2 Å². The molecule has 0 saturated carbocycles. The van der Waals surface area contributed by atoms with Gasteiger partial charge in [-0.2, -0.15) is 0 Å². The number of fused-ring (bicyclic) bond motifs is 3. The molecule has 0 N–H and O–H groups in total. The number of anilines is 1. The smallest absolute Gasteiger partial charge is 0.414 e. The first-order chi connectivity index (χ1) is 15.5. The maximum absolute atomic E-state index is 13.1. The zero-order valence-corrected chi connectivity index (χ0v) is 19.2. The van der Waals surface area contributed by atoms with Crippen LogP contribution in [0.5, 0.6) is 5.75 Å². The van der Waals surface area contributed by atoms with Gasteiger partial charge in [-0.1, -0.05) is 12.1 Å². The molecule has 3 fully saturated rings. The molecular formula is C25H33N3O4. The van der Waals surface area contributed by atoms with Crippen LogP contribution in [-0.2, 0) is 9.47 Å². The van der Waals surface area contributed by atoms with Crippen molar-refractivity contribution in [3.05, 3.63) is 42.6 Å². The quantitative estimate of drug-likeness (QED) is 0.574. The van der Waals surface area contributed by atoms with Crippen LogP contribution in [-0.4, -0.2) is 68.1 Å². The summed E-state index contributed by atoms with van der Waals surface area (Å²) in [6, 6.07) is 11.7. The highest BCUT2D eigenvalue weighted by Gasteiger charge is 2.37. The van der Waals surface area contributed by atoms with Crippen molar-refractivity contribution in [1.29, 1.82) is 0 Å². The van der Waals surface area contributed by atoms with Gasteiger partial charge in [-0.25, -0.2) is 4.79 Å². The molecule has 32 heavy (non-hydrogen) atoms. The molecule has 1 aromatic carbocycles. The third kappa shape index (κ3) is 5.22. The molecule has 7 nitrogen and oxygen atoms in total. The standard InChI is InChI=1S/C25H33N3O4/c1-18(2)28(25(29)32-24-17-27-12-10-20(24)11-13-27)21-6-4-19(5-7-21)23-9-8-22(16-26-23)31-15-14-30-3/h4-9,16,18,20,24H,10-15,17H2,1-3H3. The summed E-state index contributed by atoms with van der Waals surface area (Å²) in [6.07, 6.45) is 3.70. The minimum atomic E-state index is -0.262. The molecule has 1 unspecified atom stereocenters. The molecule has 0 spiro atoms. The second-order valence-electron chi connectivity index (χ2n) is 8.79. The number of rotatable bonds is 8. The first kappa shape index (κ1) is 22.6. The number of piperidine rings is 3. The molecule has 172 valence electrons. The van der Waals surface area contributed by atoms with E-state index in [1.165, 1.54) is 0 Å². The van der Waals surface area contributed by atoms with E-state index in [1.807, 2.05) is 50.2 Å². The lowest BCUT2D eigenvalue weighted by Crippen LogP contribution is -2.53. The molecule has 2 aromatic rings. The Morgan fingerprint density at radius 2 is 1.88 bits per heavy atom. The summed E-state index contributed by atoms with van der Waals surface area (Å²) in [5.41, 5.74) is 2.66. The van der Waals surface area contributed by atoms with Gasteiger partial charge in [0.2, 0.25) is 0 Å². The summed E-state index contributed by atoms with van der Waals surface area (Å²) in [6.45, 7) is 8.17. The topological polar surface area (TPSA) is 64.1 Å². The Labute approximate surface area is 190 Å². The second-order valence-corrected chi connectivity index (χ2v) is 8.79. The number of hydrogen-bond acceptors (Lipinski definition) is 6. The summed E-state index contributed by atoms with van der Waals surface area (Å²) in [5.74, 6) is 1.21. The number of amides is 1. The van der Waals surface area contributed by atoms with E-state index in [1.54, 1.807) is 18.2 Å². The number of nitrogens with zero attached hydrogens (tertiary/aromatic N) is 3. The van der Waals surface area contributed by atoms with Gasteiger partial charge in [-0.05, 0) is 70.0 Å². The van der Waals surface area contributed by atoms with Gasteiger partial charge in [0.15, 0.2) is 0 Å². The summed E-state index contributed by atoms with van der Waals surface area (Å²) in [4.78, 5) is 21.7. The Hall–Kier alpha value is -2.64. The fourth-order valence-corrected chi connectivity index (χ4v) is 4.52. The second kappa shape index (κ2) is 10.3. The molecule has 1 aromatic heterocycles. The maximum Gasteiger partial charge on any atom is 0.414 e. The van der Waals surface area contributed by atoms with E-state index >= 15 is 0 Å². The SMILES string of the molecule is COCCOc1ccc(-c2ccc(N(C(=O)OC3CN4CCC3CC4)C(C)C)cc2)nc1. The van der Waals surface area contributed by atoms with Gasteiger partial charge in [0.25, 0.3) is 0 Å². The number of methoxy groups -OCH3 is 1. The van der Waals surface area contributed by atoms with E-state index in [0.29, 0.717) is 24.9 Å². The first-order valence-electron chi connectivity index (χ1n) is 11.5. The molecule has 3 aliphatic rings. The van der Waals surface area contributed by atoms with Crippen LogP contribution < -0.4 is 9.64 Å². The van der Waals surface area contributed by atoms with Crippen molar-refractivity contribution in [2.75, 3.05) is 44.9 Å². The molecule has 0 aliphatic carbocycles. The largest absolute Gasteiger partial charge is 0.490 e. The maximum atomic E-state index is 13.1. The van der Waals surface area contributed by atoms with E-state index in [4.69, 9.17) is 14.2 Å². The Bertz CT molecular complexity index is 877. The summed E-state index contributed by atoms with van der Waals surface area (Å²) in [7, 11) is 1.65. The minimum absolute atomic E-state index is 0.000606. The Morgan fingerprint density at radius 1 is 1.12 bits per heavy atom. The van der Waals surface area contributed by atoms with Crippen LogP contribution in [0, 0.1) is 5.92 Å². The molecule has 0 radical (unpaired) electrons. The highest BCUT2D eigenvalue weighted by molar-refractivity contribution is 5.88. The number of carbonyl (C=O) groups is 1. The number of ether oxygens (including phenoxy) is 3. The first-order valence-corrected chi connectivity index (χ1v) is 11.5. The molecule has 1 amide bonds. The van der Waals surface area contributed by atoms with Gasteiger partial charge >= 0.3 is 6.09 Å². The van der Waals surface area contributed by atoms with E-state index in [9.17, 15) is 4.79 Å². The number of carbonyl (C=O) groups excluding carboxylic acids is 1. The molecule has 2 bridgehead atoms. The highest BCUT2D eigenvalue weighted by atomic mass is 16.6. The minimum Gasteiger partial charge on any atom is -0.490 e. The van der Waals surface area contributed by atoms with Crippen molar-refractivity contribution in [3.63, 3.8) is 0 Å². The molecule has 5 rings (SSSR count). The predicted molar refractivity (Wildman–Crippen MR) is 124 cm³/mol. The molecule has 7 heteroatoms. The molecule has 4 heterocycles. The van der Waals surface area contributed by atoms with Crippen molar-refractivity contribution >= 4 is 11.8 Å². The van der Waals surface area contributed by atoms with Crippen LogP contribution in [0.1, 0.15) is 26.7 Å². The number of hydrogen-bond donors (Lipinski definition) is 0. The van der Waals surface area contributed by atoms with Gasteiger partial charge in [-0.15, -0.1) is 0 Å². The van der Waals surface area contributed by atoms with Gasteiger partial charge in [0, 0.05) is 30.9 Å². The lowest BCUT2D eigenvalue weighted by molar-refractivity contribution is -0.0313. The predicted octanol–water partition coefficient (Wildman–Crippen LogP) is 4.22. The van der Waals surface area contributed by atoms with E-state index in [0.717, 1.165) is 49.4 Å². The van der Waals surface area contributed by atoms with Crippen molar-refractivity contribution in [2.45, 2.75) is 38.8 Å². The fourth-order valence-electron chi connectivity index (χ4n) is 4.52. The third-order valence-corrected chi connectivity index (χ3v) is 6.30. The van der Waals surface area contributed by atoms with Gasteiger partial charge in [0.05, 0.1) is 18.5 Å². The van der Waals surface area contributed by atoms with Crippen LogP contribution in [0.4, 0.5) is 10.5 Å². The average Bonchev–Trinajstić information content (AvgIpc) is 2.81. The van der Waals surface area contributed by atoms with Crippen LogP contribution in [0.3, 0.4) is 0 Å². The van der Waals surface area contributed by atoms with Gasteiger partial charge in [-0.3, -0.25) is 14.8 Å². The van der Waals surface area contributed by atoms with Crippen LogP contribution in [0.25, 0.3) is 11.3 Å². The van der Waals surface area contributed by atoms with Crippen LogP contribution in [0.15, 0.2) is 42.6 Å². The van der Waals surface area contributed by atoms with E-state index in [-0.39, 0.29) is 18.2 Å². The van der Waals surface area contributed by atoms with Crippen LogP contribution >= 0.6 is 0 Å². The Balaban J connectivity index is 1.42. The summed E-state index contributed by atoms with van der Waals surface area (Å²) < 4.78 is 16.5. The number of benzene rings is 1. The lowest BCUT2D eigenvalue weighted by atomic mass is 9.86. The zero-order valence-electron chi connectivity index (χ0n) is 19.2. The monoisotopic (exact) mass is 439 g/mol. The molecule has 3 saturated heterocycles. The zero-order chi connectivity index (χ0) is 22.5. The van der Waals surface area contributed by atoms with Crippen LogP contribution in [0.2, 0.25) is 0 Å². The average molecular weight is 440 g/mol. The van der Waals surface area contributed by atoms with Crippen molar-refractivity contribution in [3.8, 4) is 17.0 Å². The summed E-state index contributed by atoms with van der Waals surface area (Å²) in [5, 5.41) is 0. The molecule has 1 atom stereocenters. The van der Waals surface area contributed by atoms with E-state index < -0.39 is 0 Å². The Kier molecular flexibility index (Phi) is 7.27. The highest BCUT2D eigenvalue weighted by Crippen LogP contribution is 2.31. The normalized spacial score (nSPS) is 22.1. The molecular weight excluding hydrogens is 406 g/mol. The van der Waals surface area contributed by atoms with Crippen molar-refractivity contribution in [2.24, 2.45) is 5.92 Å². The Morgan fingerprint density at radius 3 is 2.44 bits per heavy atom. The fraction of sp³-hybridized carbons (Fsp3) is 0.520. The van der Waals surface area contributed by atoms with Crippen molar-refractivity contribution in [1.82, 2.24) is 9.88 Å². The van der Waals surface area contributed by atoms with Gasteiger partial charge in [0.1, 0.15) is 18.5 Å². The summed E-state index contributed by atoms with van der Waals surface area (Å²) >= 11 is 0. The number of pyridine rings is 1. The number of aromatic nitrogens is 1. The molecule has 3 aliphatic heterocycles. The van der Waals surface area contributed by atoms with E-state index in [2.05, 4.69) is 9.88 Å². The third-order valence-electron chi connectivity index (χ3n) is 6.30.